The van der Waals surface area contributed by atoms with Gasteiger partial charge in [-0.05, 0) is 53.7 Å². The highest BCUT2D eigenvalue weighted by atomic mass is 79.9. The Hall–Kier alpha value is -0.610. The van der Waals surface area contributed by atoms with Crippen LogP contribution >= 0.6 is 15.9 Å². The molecule has 1 aromatic rings. The van der Waals surface area contributed by atoms with E-state index < -0.39 is 5.60 Å². The lowest BCUT2D eigenvalue weighted by atomic mass is 9.78. The summed E-state index contributed by atoms with van der Waals surface area (Å²) in [6, 6.07) is 3.56. The standard InChI is InChI=1S/C11H14BrNO2/c12-9-3-1-7-13(10(9)14)8-6-11(15)4-2-5-11/h1,3,7,15H,2,4-6,8H2. The van der Waals surface area contributed by atoms with Crippen LogP contribution in [0.4, 0.5) is 0 Å². The first kappa shape index (κ1) is 10.9. The van der Waals surface area contributed by atoms with E-state index in [2.05, 4.69) is 15.9 Å². The zero-order chi connectivity index (χ0) is 10.9. The van der Waals surface area contributed by atoms with Crippen molar-refractivity contribution in [2.45, 2.75) is 37.8 Å². The van der Waals surface area contributed by atoms with Gasteiger partial charge in [0, 0.05) is 12.7 Å². The van der Waals surface area contributed by atoms with E-state index in [0.29, 0.717) is 17.4 Å². The summed E-state index contributed by atoms with van der Waals surface area (Å²) in [4.78, 5) is 11.6. The fraction of sp³-hybridized carbons (Fsp3) is 0.545. The molecule has 0 aliphatic heterocycles. The van der Waals surface area contributed by atoms with Gasteiger partial charge in [-0.1, -0.05) is 0 Å². The highest BCUT2D eigenvalue weighted by Crippen LogP contribution is 2.34. The smallest absolute Gasteiger partial charge is 0.264 e. The van der Waals surface area contributed by atoms with Crippen LogP contribution in [-0.2, 0) is 6.54 Å². The van der Waals surface area contributed by atoms with E-state index in [1.54, 1.807) is 16.8 Å². The minimum Gasteiger partial charge on any atom is -0.390 e. The Balaban J connectivity index is 2.05. The topological polar surface area (TPSA) is 42.2 Å². The number of nitrogens with zero attached hydrogens (tertiary/aromatic N) is 1. The van der Waals surface area contributed by atoms with Crippen LogP contribution in [-0.4, -0.2) is 15.3 Å². The van der Waals surface area contributed by atoms with E-state index in [9.17, 15) is 9.90 Å². The molecule has 1 fully saturated rings. The van der Waals surface area contributed by atoms with Gasteiger partial charge >= 0.3 is 0 Å². The molecule has 82 valence electrons. The molecule has 1 N–H and O–H groups in total. The van der Waals surface area contributed by atoms with Gasteiger partial charge in [-0.2, -0.15) is 0 Å². The monoisotopic (exact) mass is 271 g/mol. The Kier molecular flexibility index (Phi) is 2.98. The SMILES string of the molecule is O=c1c(Br)cccn1CCC1(O)CCC1. The third-order valence-corrected chi connectivity index (χ3v) is 3.68. The molecule has 1 aliphatic carbocycles. The van der Waals surface area contributed by atoms with E-state index in [-0.39, 0.29) is 5.56 Å². The molecule has 0 radical (unpaired) electrons. The molecule has 3 nitrogen and oxygen atoms in total. The Morgan fingerprint density at radius 1 is 1.53 bits per heavy atom. The lowest BCUT2D eigenvalue weighted by Gasteiger charge is -2.36. The van der Waals surface area contributed by atoms with Crippen molar-refractivity contribution in [3.05, 3.63) is 33.2 Å². The minimum absolute atomic E-state index is 0.0274. The van der Waals surface area contributed by atoms with E-state index >= 15 is 0 Å². The van der Waals surface area contributed by atoms with Crippen molar-refractivity contribution in [3.63, 3.8) is 0 Å². The number of aromatic nitrogens is 1. The maximum atomic E-state index is 11.6. The number of hydrogen-bond donors (Lipinski definition) is 1. The number of aryl methyl sites for hydroxylation is 1. The molecule has 0 bridgehead atoms. The van der Waals surface area contributed by atoms with Crippen molar-refractivity contribution in [2.75, 3.05) is 0 Å². The molecule has 0 aromatic carbocycles. The van der Waals surface area contributed by atoms with Crippen LogP contribution in [0.15, 0.2) is 27.6 Å². The van der Waals surface area contributed by atoms with Gasteiger partial charge in [0.1, 0.15) is 0 Å². The zero-order valence-corrected chi connectivity index (χ0v) is 10.0. The summed E-state index contributed by atoms with van der Waals surface area (Å²) in [7, 11) is 0. The lowest BCUT2D eigenvalue weighted by molar-refractivity contribution is -0.0434. The van der Waals surface area contributed by atoms with Crippen molar-refractivity contribution in [1.29, 1.82) is 0 Å². The quantitative estimate of drug-likeness (QED) is 0.913. The van der Waals surface area contributed by atoms with Crippen LogP contribution in [0.5, 0.6) is 0 Å². The Morgan fingerprint density at radius 2 is 2.27 bits per heavy atom. The second kappa shape index (κ2) is 4.10. The van der Waals surface area contributed by atoms with Gasteiger partial charge in [-0.15, -0.1) is 0 Å². The molecule has 1 aromatic heterocycles. The fourth-order valence-electron chi connectivity index (χ4n) is 1.85. The molecule has 0 spiro atoms. The molecule has 0 amide bonds. The van der Waals surface area contributed by atoms with Crippen molar-refractivity contribution in [2.24, 2.45) is 0 Å². The summed E-state index contributed by atoms with van der Waals surface area (Å²) < 4.78 is 2.21. The zero-order valence-electron chi connectivity index (χ0n) is 8.45. The maximum Gasteiger partial charge on any atom is 0.264 e. The van der Waals surface area contributed by atoms with E-state index in [4.69, 9.17) is 0 Å². The molecule has 1 aliphatic rings. The Morgan fingerprint density at radius 3 is 2.87 bits per heavy atom. The highest BCUT2D eigenvalue weighted by molar-refractivity contribution is 9.10. The average Bonchev–Trinajstić information content (AvgIpc) is 2.17. The highest BCUT2D eigenvalue weighted by Gasteiger charge is 2.33. The second-order valence-corrected chi connectivity index (χ2v) is 5.04. The normalized spacial score (nSPS) is 18.5. The third kappa shape index (κ3) is 2.32. The summed E-state index contributed by atoms with van der Waals surface area (Å²) in [5, 5.41) is 9.90. The van der Waals surface area contributed by atoms with Gasteiger partial charge in [0.25, 0.3) is 5.56 Å². The maximum absolute atomic E-state index is 11.6. The van der Waals surface area contributed by atoms with Crippen molar-refractivity contribution in [3.8, 4) is 0 Å². The van der Waals surface area contributed by atoms with E-state index in [0.717, 1.165) is 19.3 Å². The largest absolute Gasteiger partial charge is 0.390 e. The number of hydrogen-bond acceptors (Lipinski definition) is 2. The molecule has 2 rings (SSSR count). The third-order valence-electron chi connectivity index (χ3n) is 3.08. The molecule has 0 saturated heterocycles. The van der Waals surface area contributed by atoms with Gasteiger partial charge in [0.05, 0.1) is 10.1 Å². The Bertz CT molecular complexity index is 409. The molecule has 0 atom stereocenters. The number of pyridine rings is 1. The van der Waals surface area contributed by atoms with Crippen molar-refractivity contribution < 1.29 is 5.11 Å². The molecule has 15 heavy (non-hydrogen) atoms. The molecular weight excluding hydrogens is 258 g/mol. The summed E-state index contributed by atoms with van der Waals surface area (Å²) in [6.45, 7) is 0.592. The van der Waals surface area contributed by atoms with Crippen LogP contribution in [0.1, 0.15) is 25.7 Å². The van der Waals surface area contributed by atoms with Gasteiger partial charge in [-0.3, -0.25) is 4.79 Å². The number of halogens is 1. The van der Waals surface area contributed by atoms with Gasteiger partial charge in [0.2, 0.25) is 0 Å². The van der Waals surface area contributed by atoms with Crippen molar-refractivity contribution >= 4 is 15.9 Å². The first-order valence-corrected chi connectivity index (χ1v) is 5.97. The molecule has 1 saturated carbocycles. The molecule has 1 heterocycles. The molecule has 0 unspecified atom stereocenters. The van der Waals surface area contributed by atoms with Crippen LogP contribution < -0.4 is 5.56 Å². The van der Waals surface area contributed by atoms with Gasteiger partial charge in [0.15, 0.2) is 0 Å². The van der Waals surface area contributed by atoms with E-state index in [1.165, 1.54) is 0 Å². The summed E-state index contributed by atoms with van der Waals surface area (Å²) in [5.74, 6) is 0. The van der Waals surface area contributed by atoms with E-state index in [1.807, 2.05) is 6.07 Å². The van der Waals surface area contributed by atoms with Gasteiger partial charge in [-0.25, -0.2) is 0 Å². The lowest BCUT2D eigenvalue weighted by Crippen LogP contribution is -2.38. The summed E-state index contributed by atoms with van der Waals surface area (Å²) in [5.41, 5.74) is -0.540. The van der Waals surface area contributed by atoms with Crippen LogP contribution in [0.2, 0.25) is 0 Å². The predicted molar refractivity (Wildman–Crippen MR) is 61.8 cm³/mol. The van der Waals surface area contributed by atoms with Gasteiger partial charge < -0.3 is 9.67 Å². The molecular formula is C11H14BrNO2. The summed E-state index contributed by atoms with van der Waals surface area (Å²) >= 11 is 3.20. The van der Waals surface area contributed by atoms with Crippen LogP contribution in [0, 0.1) is 0 Å². The van der Waals surface area contributed by atoms with Crippen molar-refractivity contribution in [1.82, 2.24) is 4.57 Å². The Labute approximate surface area is 96.9 Å². The predicted octanol–water partition coefficient (Wildman–Crippen LogP) is 1.92. The minimum atomic E-state index is -0.512. The van der Waals surface area contributed by atoms with Crippen LogP contribution in [0.25, 0.3) is 0 Å². The second-order valence-electron chi connectivity index (χ2n) is 4.18. The average molecular weight is 272 g/mol. The number of rotatable bonds is 3. The summed E-state index contributed by atoms with van der Waals surface area (Å²) in [6.07, 6.45) is 5.27. The van der Waals surface area contributed by atoms with Crippen LogP contribution in [0.3, 0.4) is 0 Å². The fourth-order valence-corrected chi connectivity index (χ4v) is 2.23. The molecule has 4 heteroatoms. The first-order chi connectivity index (χ1) is 7.11. The first-order valence-electron chi connectivity index (χ1n) is 5.18. The number of aliphatic hydroxyl groups is 1.